The van der Waals surface area contributed by atoms with Gasteiger partial charge in [0.05, 0.1) is 17.2 Å². The fourth-order valence-corrected chi connectivity index (χ4v) is 6.70. The zero-order chi connectivity index (χ0) is 30.1. The van der Waals surface area contributed by atoms with Gasteiger partial charge >= 0.3 is 0 Å². The van der Waals surface area contributed by atoms with Crippen LogP contribution in [0.25, 0.3) is 0 Å². The molecule has 8 nitrogen and oxygen atoms in total. The van der Waals surface area contributed by atoms with Gasteiger partial charge in [0.2, 0.25) is 11.8 Å². The van der Waals surface area contributed by atoms with Crippen LogP contribution in [-0.4, -0.2) is 56.9 Å². The number of rotatable bonds is 13. The van der Waals surface area contributed by atoms with Gasteiger partial charge in [-0.05, 0) is 75.1 Å². The van der Waals surface area contributed by atoms with Gasteiger partial charge in [0.25, 0.3) is 10.0 Å². The lowest BCUT2D eigenvalue weighted by molar-refractivity contribution is -0.139. The van der Waals surface area contributed by atoms with Crippen LogP contribution in [0.4, 0.5) is 5.69 Å². The van der Waals surface area contributed by atoms with E-state index in [4.69, 9.17) is 16.3 Å². The molecule has 0 radical (unpaired) electrons. The lowest BCUT2D eigenvalue weighted by atomic mass is 10.1. The first-order chi connectivity index (χ1) is 20.2. The normalized spacial score (nSPS) is 14.3. The minimum Gasteiger partial charge on any atom is -0.492 e. The third kappa shape index (κ3) is 7.83. The number of sulfonamides is 1. The van der Waals surface area contributed by atoms with Crippen molar-refractivity contribution in [1.29, 1.82) is 0 Å². The molecule has 1 aliphatic carbocycles. The molecule has 0 spiro atoms. The smallest absolute Gasteiger partial charge is 0.264 e. The van der Waals surface area contributed by atoms with E-state index in [2.05, 4.69) is 5.32 Å². The molecule has 42 heavy (non-hydrogen) atoms. The summed E-state index contributed by atoms with van der Waals surface area (Å²) in [6, 6.07) is 21.5. The molecule has 0 aromatic heterocycles. The average molecular weight is 612 g/mol. The largest absolute Gasteiger partial charge is 0.492 e. The van der Waals surface area contributed by atoms with Crippen molar-refractivity contribution in [3.63, 3.8) is 0 Å². The van der Waals surface area contributed by atoms with Crippen molar-refractivity contribution < 1.29 is 22.7 Å². The Hall–Kier alpha value is -3.56. The van der Waals surface area contributed by atoms with E-state index < -0.39 is 28.5 Å². The highest BCUT2D eigenvalue weighted by Crippen LogP contribution is 2.33. The molecule has 0 bridgehead atoms. The van der Waals surface area contributed by atoms with E-state index >= 15 is 0 Å². The van der Waals surface area contributed by atoms with Crippen LogP contribution in [0, 0.1) is 0 Å². The Morgan fingerprint density at radius 3 is 2.29 bits per heavy atom. The summed E-state index contributed by atoms with van der Waals surface area (Å²) in [5, 5.41) is 3.48. The minimum atomic E-state index is -4.23. The number of benzene rings is 3. The summed E-state index contributed by atoms with van der Waals surface area (Å²) in [5.74, 6) is -0.415. The van der Waals surface area contributed by atoms with Crippen LogP contribution >= 0.6 is 11.6 Å². The first-order valence-electron chi connectivity index (χ1n) is 14.3. The van der Waals surface area contributed by atoms with E-state index in [0.717, 1.165) is 35.6 Å². The monoisotopic (exact) mass is 611 g/mol. The summed E-state index contributed by atoms with van der Waals surface area (Å²) in [6.07, 6.45) is 4.46. The van der Waals surface area contributed by atoms with Crippen molar-refractivity contribution >= 4 is 39.1 Å². The Kier molecular flexibility index (Phi) is 10.9. The van der Waals surface area contributed by atoms with Crippen molar-refractivity contribution in [2.45, 2.75) is 62.9 Å². The van der Waals surface area contributed by atoms with Crippen molar-refractivity contribution in [3.05, 3.63) is 89.4 Å². The van der Waals surface area contributed by atoms with Crippen LogP contribution in [0.3, 0.4) is 0 Å². The molecule has 4 rings (SSSR count). The molecular formula is C32H38ClN3O5S. The van der Waals surface area contributed by atoms with E-state index in [-0.39, 0.29) is 29.1 Å². The number of nitrogens with zero attached hydrogens (tertiary/aromatic N) is 2. The van der Waals surface area contributed by atoms with Gasteiger partial charge in [-0.3, -0.25) is 13.9 Å². The summed E-state index contributed by atoms with van der Waals surface area (Å²) in [7, 11) is -4.23. The highest BCUT2D eigenvalue weighted by atomic mass is 35.5. The van der Waals surface area contributed by atoms with Crippen LogP contribution in [0.1, 0.15) is 45.1 Å². The summed E-state index contributed by atoms with van der Waals surface area (Å²) in [5.41, 5.74) is 1.24. The fourth-order valence-electron chi connectivity index (χ4n) is 5.15. The van der Waals surface area contributed by atoms with Gasteiger partial charge in [-0.25, -0.2) is 8.42 Å². The van der Waals surface area contributed by atoms with Gasteiger partial charge in [0, 0.05) is 17.6 Å². The lowest BCUT2D eigenvalue weighted by Crippen LogP contribution is -2.53. The summed E-state index contributed by atoms with van der Waals surface area (Å²) in [4.78, 5) is 28.9. The highest BCUT2D eigenvalue weighted by molar-refractivity contribution is 7.92. The number of para-hydroxylation sites is 2. The Balaban J connectivity index is 1.68. The second-order valence-corrected chi connectivity index (χ2v) is 12.7. The van der Waals surface area contributed by atoms with E-state index in [0.29, 0.717) is 23.8 Å². The van der Waals surface area contributed by atoms with Gasteiger partial charge in [-0.15, -0.1) is 0 Å². The second kappa shape index (κ2) is 14.6. The van der Waals surface area contributed by atoms with Crippen molar-refractivity contribution in [2.75, 3.05) is 24.0 Å². The molecule has 0 aliphatic heterocycles. The number of carbonyl (C=O) groups is 2. The number of amides is 2. The van der Waals surface area contributed by atoms with Gasteiger partial charge in [0.15, 0.2) is 0 Å². The molecule has 1 unspecified atom stereocenters. The summed E-state index contributed by atoms with van der Waals surface area (Å²) in [6.45, 7) is 3.52. The van der Waals surface area contributed by atoms with Crippen LogP contribution in [0.5, 0.6) is 5.75 Å². The Morgan fingerprint density at radius 2 is 1.62 bits per heavy atom. The summed E-state index contributed by atoms with van der Waals surface area (Å²) >= 11 is 6.03. The standard InChI is InChI=1S/C32H38ClN3O5S/c1-3-41-30-16-10-9-15-29(30)36(42(39,40)28-19-17-26(33)18-20-28)23-31(37)35(22-21-25-11-5-4-6-12-25)24(2)32(38)34-27-13-7-8-14-27/h4-6,9-12,15-20,24,27H,3,7-8,13-14,21-23H2,1-2H3,(H,34,38). The lowest BCUT2D eigenvalue weighted by Gasteiger charge is -2.33. The van der Waals surface area contributed by atoms with Gasteiger partial charge in [-0.1, -0.05) is 66.9 Å². The molecule has 0 heterocycles. The van der Waals surface area contributed by atoms with Crippen molar-refractivity contribution in [2.24, 2.45) is 0 Å². The zero-order valence-corrected chi connectivity index (χ0v) is 25.6. The number of hydrogen-bond acceptors (Lipinski definition) is 5. The van der Waals surface area contributed by atoms with Crippen LogP contribution in [0.15, 0.2) is 83.8 Å². The maximum atomic E-state index is 14.1. The molecule has 1 aliphatic rings. The van der Waals surface area contributed by atoms with Crippen LogP contribution in [-0.2, 0) is 26.0 Å². The molecule has 0 saturated heterocycles. The third-order valence-corrected chi connectivity index (χ3v) is 9.49. The zero-order valence-electron chi connectivity index (χ0n) is 24.0. The van der Waals surface area contributed by atoms with E-state index in [1.165, 1.54) is 29.2 Å². The third-order valence-electron chi connectivity index (χ3n) is 7.47. The average Bonchev–Trinajstić information content (AvgIpc) is 3.50. The van der Waals surface area contributed by atoms with E-state index in [1.807, 2.05) is 30.3 Å². The molecule has 3 aromatic rings. The quantitative estimate of drug-likeness (QED) is 0.277. The molecule has 1 N–H and O–H groups in total. The summed E-state index contributed by atoms with van der Waals surface area (Å²) < 4.78 is 34.9. The molecule has 3 aromatic carbocycles. The highest BCUT2D eigenvalue weighted by Gasteiger charge is 2.34. The first-order valence-corrected chi connectivity index (χ1v) is 16.2. The Morgan fingerprint density at radius 1 is 0.976 bits per heavy atom. The number of carbonyl (C=O) groups excluding carboxylic acids is 2. The van der Waals surface area contributed by atoms with Gasteiger partial charge in [0.1, 0.15) is 18.3 Å². The van der Waals surface area contributed by atoms with E-state index in [9.17, 15) is 18.0 Å². The van der Waals surface area contributed by atoms with Gasteiger partial charge in [-0.2, -0.15) is 0 Å². The van der Waals surface area contributed by atoms with Crippen LogP contribution < -0.4 is 14.4 Å². The Bertz CT molecular complexity index is 1440. The van der Waals surface area contributed by atoms with E-state index in [1.54, 1.807) is 38.1 Å². The maximum Gasteiger partial charge on any atom is 0.264 e. The SMILES string of the molecule is CCOc1ccccc1N(CC(=O)N(CCc1ccccc1)C(C)C(=O)NC1CCCC1)S(=O)(=O)c1ccc(Cl)cc1. The minimum absolute atomic E-state index is 0.0196. The van der Waals surface area contributed by atoms with Crippen molar-refractivity contribution in [1.82, 2.24) is 10.2 Å². The molecule has 1 saturated carbocycles. The second-order valence-electron chi connectivity index (χ2n) is 10.4. The first kappa shape index (κ1) is 31.4. The number of anilines is 1. The molecule has 2 amide bonds. The number of hydrogen-bond donors (Lipinski definition) is 1. The molecule has 1 atom stereocenters. The fraction of sp³-hybridized carbons (Fsp3) is 0.375. The maximum absolute atomic E-state index is 14.1. The molecular weight excluding hydrogens is 574 g/mol. The topological polar surface area (TPSA) is 96.0 Å². The predicted molar refractivity (Wildman–Crippen MR) is 165 cm³/mol. The number of halogens is 1. The van der Waals surface area contributed by atoms with Crippen molar-refractivity contribution in [3.8, 4) is 5.75 Å². The predicted octanol–water partition coefficient (Wildman–Crippen LogP) is 5.45. The molecule has 10 heteroatoms. The Labute approximate surface area is 253 Å². The molecule has 1 fully saturated rings. The van der Waals surface area contributed by atoms with Crippen LogP contribution in [0.2, 0.25) is 5.02 Å². The van der Waals surface area contributed by atoms with Gasteiger partial charge < -0.3 is 15.0 Å². The molecule has 224 valence electrons. The number of nitrogens with one attached hydrogen (secondary N) is 1. The number of ether oxygens (including phenoxy) is 1.